The zero-order valence-electron chi connectivity index (χ0n) is 13.7. The number of rotatable bonds is 9. The molecule has 0 radical (unpaired) electrons. The maximum absolute atomic E-state index is 5.79. The van der Waals surface area contributed by atoms with Crippen molar-refractivity contribution in [2.45, 2.75) is 58.4 Å². The van der Waals surface area contributed by atoms with Gasteiger partial charge in [-0.3, -0.25) is 0 Å². The van der Waals surface area contributed by atoms with Crippen molar-refractivity contribution in [3.63, 3.8) is 0 Å². The first kappa shape index (κ1) is 16.5. The van der Waals surface area contributed by atoms with Crippen LogP contribution in [0.4, 0.5) is 0 Å². The fourth-order valence-electron chi connectivity index (χ4n) is 3.30. The van der Waals surface area contributed by atoms with E-state index in [0.717, 1.165) is 19.8 Å². The summed E-state index contributed by atoms with van der Waals surface area (Å²) in [6, 6.07) is 9.48. The molecule has 2 atom stereocenters. The Labute approximate surface area is 130 Å². The molecule has 0 aliphatic heterocycles. The molecular weight excluding hydrogens is 258 g/mol. The molecule has 0 fully saturated rings. The molecule has 2 nitrogen and oxygen atoms in total. The third-order valence-electron chi connectivity index (χ3n) is 4.54. The van der Waals surface area contributed by atoms with Crippen LogP contribution in [0.2, 0.25) is 0 Å². The summed E-state index contributed by atoms with van der Waals surface area (Å²) in [5.74, 6) is 0.716. The molecule has 2 rings (SSSR count). The van der Waals surface area contributed by atoms with E-state index in [2.05, 4.69) is 43.4 Å². The summed E-state index contributed by atoms with van der Waals surface area (Å²) in [4.78, 5) is 0. The minimum Gasteiger partial charge on any atom is -0.381 e. The second-order valence-corrected chi connectivity index (χ2v) is 6.18. The maximum atomic E-state index is 5.79. The summed E-state index contributed by atoms with van der Waals surface area (Å²) in [5, 5.41) is 3.77. The molecule has 1 aliphatic rings. The van der Waals surface area contributed by atoms with Gasteiger partial charge in [-0.05, 0) is 55.7 Å². The van der Waals surface area contributed by atoms with Crippen molar-refractivity contribution in [1.29, 1.82) is 0 Å². The molecule has 1 aromatic carbocycles. The van der Waals surface area contributed by atoms with Gasteiger partial charge in [0.2, 0.25) is 0 Å². The Hall–Kier alpha value is -0.860. The number of hydrogen-bond donors (Lipinski definition) is 1. The maximum Gasteiger partial charge on any atom is 0.0469 e. The quantitative estimate of drug-likeness (QED) is 0.676. The lowest BCUT2D eigenvalue weighted by atomic mass is 9.78. The van der Waals surface area contributed by atoms with Crippen molar-refractivity contribution in [2.75, 3.05) is 19.8 Å². The normalized spacial score (nSPS) is 21.2. The Balaban J connectivity index is 1.93. The molecule has 1 aromatic rings. The first-order chi connectivity index (χ1) is 10.4. The van der Waals surface area contributed by atoms with E-state index in [1.165, 1.54) is 49.7 Å². The van der Waals surface area contributed by atoms with Crippen LogP contribution in [-0.2, 0) is 11.2 Å². The molecule has 2 heteroatoms. The number of unbranched alkanes of at least 4 members (excludes halogenated alkanes) is 1. The van der Waals surface area contributed by atoms with Gasteiger partial charge in [-0.2, -0.15) is 0 Å². The highest BCUT2D eigenvalue weighted by Gasteiger charge is 2.28. The topological polar surface area (TPSA) is 21.3 Å². The van der Waals surface area contributed by atoms with E-state index < -0.39 is 0 Å². The van der Waals surface area contributed by atoms with Crippen LogP contribution in [0.5, 0.6) is 0 Å². The first-order valence-electron chi connectivity index (χ1n) is 8.75. The minimum absolute atomic E-state index is 0.518. The molecule has 118 valence electrons. The van der Waals surface area contributed by atoms with Crippen molar-refractivity contribution >= 4 is 0 Å². The molecule has 1 N–H and O–H groups in total. The lowest BCUT2D eigenvalue weighted by molar-refractivity contribution is 0.108. The Morgan fingerprint density at radius 1 is 1.14 bits per heavy atom. The Morgan fingerprint density at radius 2 is 2.00 bits per heavy atom. The van der Waals surface area contributed by atoms with Gasteiger partial charge in [-0.15, -0.1) is 0 Å². The smallest absolute Gasteiger partial charge is 0.0469 e. The predicted octanol–water partition coefficient (Wildman–Crippen LogP) is 4.50. The van der Waals surface area contributed by atoms with E-state index >= 15 is 0 Å². The van der Waals surface area contributed by atoms with Crippen LogP contribution in [0.15, 0.2) is 24.3 Å². The van der Waals surface area contributed by atoms with Gasteiger partial charge >= 0.3 is 0 Å². The van der Waals surface area contributed by atoms with Crippen LogP contribution >= 0.6 is 0 Å². The van der Waals surface area contributed by atoms with Gasteiger partial charge in [-0.1, -0.05) is 44.5 Å². The molecule has 0 bridgehead atoms. The summed E-state index contributed by atoms with van der Waals surface area (Å²) in [7, 11) is 0. The fraction of sp³-hybridized carbons (Fsp3) is 0.684. The van der Waals surface area contributed by atoms with Crippen molar-refractivity contribution in [3.8, 4) is 0 Å². The Kier molecular flexibility index (Phi) is 7.25. The second-order valence-electron chi connectivity index (χ2n) is 6.18. The van der Waals surface area contributed by atoms with Crippen LogP contribution in [-0.4, -0.2) is 19.8 Å². The van der Waals surface area contributed by atoms with Crippen LogP contribution in [0, 0.1) is 5.92 Å². The summed E-state index contributed by atoms with van der Waals surface area (Å²) in [6.45, 7) is 7.40. The third-order valence-corrected chi connectivity index (χ3v) is 4.54. The summed E-state index contributed by atoms with van der Waals surface area (Å²) >= 11 is 0. The van der Waals surface area contributed by atoms with E-state index in [4.69, 9.17) is 4.74 Å². The van der Waals surface area contributed by atoms with Gasteiger partial charge < -0.3 is 10.1 Å². The van der Waals surface area contributed by atoms with E-state index in [-0.39, 0.29) is 0 Å². The zero-order valence-corrected chi connectivity index (χ0v) is 13.7. The van der Waals surface area contributed by atoms with Gasteiger partial charge in [0.25, 0.3) is 0 Å². The van der Waals surface area contributed by atoms with Crippen molar-refractivity contribution in [3.05, 3.63) is 35.4 Å². The highest BCUT2D eigenvalue weighted by molar-refractivity contribution is 5.33. The van der Waals surface area contributed by atoms with Crippen molar-refractivity contribution in [2.24, 2.45) is 5.92 Å². The van der Waals surface area contributed by atoms with Crippen LogP contribution < -0.4 is 5.32 Å². The third kappa shape index (κ3) is 4.82. The summed E-state index contributed by atoms with van der Waals surface area (Å²) in [5.41, 5.74) is 3.06. The monoisotopic (exact) mass is 289 g/mol. The van der Waals surface area contributed by atoms with Gasteiger partial charge in [-0.25, -0.2) is 0 Å². The lowest BCUT2D eigenvalue weighted by Crippen LogP contribution is -2.33. The average molecular weight is 289 g/mol. The Morgan fingerprint density at radius 3 is 2.81 bits per heavy atom. The standard InChI is InChI=1S/C19H31NO/c1-3-5-14-21-15-12-17-11-10-16-8-6-7-9-18(16)19(17)20-13-4-2/h6-9,17,19-20H,3-5,10-15H2,1-2H3. The number of benzene rings is 1. The first-order valence-corrected chi connectivity index (χ1v) is 8.75. The SMILES string of the molecule is CCCCOCCC1CCc2ccccc2C1NCCC. The number of nitrogens with one attached hydrogen (secondary N) is 1. The average Bonchev–Trinajstić information content (AvgIpc) is 2.53. The van der Waals surface area contributed by atoms with Gasteiger partial charge in [0.1, 0.15) is 0 Å². The van der Waals surface area contributed by atoms with Crippen LogP contribution in [0.25, 0.3) is 0 Å². The van der Waals surface area contributed by atoms with Crippen molar-refractivity contribution < 1.29 is 4.74 Å². The van der Waals surface area contributed by atoms with E-state index in [0.29, 0.717) is 12.0 Å². The van der Waals surface area contributed by atoms with Crippen LogP contribution in [0.3, 0.4) is 0 Å². The molecule has 0 aromatic heterocycles. The molecule has 2 unspecified atom stereocenters. The fourth-order valence-corrected chi connectivity index (χ4v) is 3.30. The molecule has 0 saturated carbocycles. The minimum atomic E-state index is 0.518. The summed E-state index contributed by atoms with van der Waals surface area (Å²) in [6.07, 6.45) is 7.29. The number of ether oxygens (including phenoxy) is 1. The second kappa shape index (κ2) is 9.22. The molecule has 0 amide bonds. The zero-order chi connectivity index (χ0) is 14.9. The summed E-state index contributed by atoms with van der Waals surface area (Å²) < 4.78 is 5.79. The molecule has 0 spiro atoms. The van der Waals surface area contributed by atoms with Crippen molar-refractivity contribution in [1.82, 2.24) is 5.32 Å². The highest BCUT2D eigenvalue weighted by atomic mass is 16.5. The van der Waals surface area contributed by atoms with E-state index in [9.17, 15) is 0 Å². The number of hydrogen-bond acceptors (Lipinski definition) is 2. The van der Waals surface area contributed by atoms with E-state index in [1.54, 1.807) is 0 Å². The highest BCUT2D eigenvalue weighted by Crippen LogP contribution is 2.36. The molecule has 0 saturated heterocycles. The molecular formula is C19H31NO. The van der Waals surface area contributed by atoms with Gasteiger partial charge in [0, 0.05) is 19.3 Å². The largest absolute Gasteiger partial charge is 0.381 e. The number of aryl methyl sites for hydroxylation is 1. The Bertz CT molecular complexity index is 404. The van der Waals surface area contributed by atoms with E-state index in [1.807, 2.05) is 0 Å². The molecule has 0 heterocycles. The lowest BCUT2D eigenvalue weighted by Gasteiger charge is -2.34. The van der Waals surface area contributed by atoms with Crippen LogP contribution in [0.1, 0.15) is 63.1 Å². The molecule has 21 heavy (non-hydrogen) atoms. The predicted molar refractivity (Wildman–Crippen MR) is 89.6 cm³/mol. The van der Waals surface area contributed by atoms with Gasteiger partial charge in [0.05, 0.1) is 0 Å². The molecule has 1 aliphatic carbocycles. The number of fused-ring (bicyclic) bond motifs is 1. The van der Waals surface area contributed by atoms with Gasteiger partial charge in [0.15, 0.2) is 0 Å².